The molecule has 0 unspecified atom stereocenters. The van der Waals surface area contributed by atoms with Gasteiger partial charge in [0, 0.05) is 16.6 Å². The summed E-state index contributed by atoms with van der Waals surface area (Å²) in [7, 11) is 0. The third-order valence-corrected chi connectivity index (χ3v) is 3.06. The molecule has 6 heteroatoms. The van der Waals surface area contributed by atoms with Gasteiger partial charge in [-0.05, 0) is 48.3 Å². The van der Waals surface area contributed by atoms with Gasteiger partial charge in [0.2, 0.25) is 0 Å². The molecule has 0 aromatic heterocycles. The molecule has 2 aromatic carbocycles. The lowest BCUT2D eigenvalue weighted by Crippen LogP contribution is -1.90. The zero-order chi connectivity index (χ0) is 13.0. The molecule has 0 aliphatic heterocycles. The van der Waals surface area contributed by atoms with Crippen molar-refractivity contribution in [2.45, 2.75) is 4.90 Å². The first-order chi connectivity index (χ1) is 8.69. The van der Waals surface area contributed by atoms with Gasteiger partial charge in [0.1, 0.15) is 5.75 Å². The van der Waals surface area contributed by atoms with Crippen LogP contribution >= 0.6 is 11.9 Å². The Bertz CT molecular complexity index is 531. The molecule has 0 heterocycles. The zero-order valence-electron chi connectivity index (χ0n) is 9.33. The lowest BCUT2D eigenvalue weighted by atomic mass is 10.3. The molecular formula is C12H12N2O3S. The SMILES string of the molecule is Nc1ccc(SNc2ccc(OO)cc2O)cc1. The third kappa shape index (κ3) is 2.99. The summed E-state index contributed by atoms with van der Waals surface area (Å²) in [4.78, 5) is 4.98. The Morgan fingerprint density at radius 3 is 2.44 bits per heavy atom. The first kappa shape index (κ1) is 12.4. The highest BCUT2D eigenvalue weighted by Gasteiger charge is 2.04. The van der Waals surface area contributed by atoms with Gasteiger partial charge >= 0.3 is 0 Å². The summed E-state index contributed by atoms with van der Waals surface area (Å²) < 4.78 is 2.99. The van der Waals surface area contributed by atoms with Crippen molar-refractivity contribution in [3.05, 3.63) is 42.5 Å². The Labute approximate surface area is 108 Å². The second-order valence-electron chi connectivity index (χ2n) is 3.54. The van der Waals surface area contributed by atoms with Crippen LogP contribution in [-0.4, -0.2) is 10.4 Å². The monoisotopic (exact) mass is 264 g/mol. The highest BCUT2D eigenvalue weighted by Crippen LogP contribution is 2.31. The molecule has 0 radical (unpaired) electrons. The van der Waals surface area contributed by atoms with E-state index in [4.69, 9.17) is 11.0 Å². The molecule has 0 amide bonds. The number of hydrogen-bond acceptors (Lipinski definition) is 6. The molecular weight excluding hydrogens is 252 g/mol. The van der Waals surface area contributed by atoms with Gasteiger partial charge < -0.3 is 20.4 Å². The number of hydrogen-bond donors (Lipinski definition) is 4. The van der Waals surface area contributed by atoms with Crippen LogP contribution in [0.4, 0.5) is 11.4 Å². The lowest BCUT2D eigenvalue weighted by Gasteiger charge is -2.08. The van der Waals surface area contributed by atoms with Crippen molar-refractivity contribution in [3.63, 3.8) is 0 Å². The fourth-order valence-electron chi connectivity index (χ4n) is 1.30. The second-order valence-corrected chi connectivity index (χ2v) is 4.42. The van der Waals surface area contributed by atoms with Gasteiger partial charge in [-0.2, -0.15) is 0 Å². The third-order valence-electron chi connectivity index (χ3n) is 2.23. The van der Waals surface area contributed by atoms with Crippen LogP contribution in [0.3, 0.4) is 0 Å². The zero-order valence-corrected chi connectivity index (χ0v) is 10.1. The van der Waals surface area contributed by atoms with Crippen LogP contribution in [-0.2, 0) is 0 Å². The van der Waals surface area contributed by atoms with Crippen LogP contribution < -0.4 is 15.3 Å². The molecule has 0 aliphatic carbocycles. The van der Waals surface area contributed by atoms with Crippen molar-refractivity contribution in [3.8, 4) is 11.5 Å². The molecule has 0 bridgehead atoms. The molecule has 18 heavy (non-hydrogen) atoms. The largest absolute Gasteiger partial charge is 0.506 e. The van der Waals surface area contributed by atoms with Crippen molar-refractivity contribution in [1.82, 2.24) is 0 Å². The minimum atomic E-state index is -0.00973. The predicted molar refractivity (Wildman–Crippen MR) is 71.7 cm³/mol. The topological polar surface area (TPSA) is 87.7 Å². The van der Waals surface area contributed by atoms with E-state index in [2.05, 4.69) is 9.61 Å². The number of rotatable bonds is 4. The first-order valence-electron chi connectivity index (χ1n) is 5.12. The molecule has 0 atom stereocenters. The maximum Gasteiger partial charge on any atom is 0.168 e. The fraction of sp³-hybridized carbons (Fsp3) is 0. The average Bonchev–Trinajstić information content (AvgIpc) is 2.39. The maximum absolute atomic E-state index is 9.66. The molecule has 0 aliphatic rings. The van der Waals surface area contributed by atoms with Gasteiger partial charge in [-0.15, -0.1) is 0 Å². The summed E-state index contributed by atoms with van der Waals surface area (Å²) in [6.45, 7) is 0. The maximum atomic E-state index is 9.66. The van der Waals surface area contributed by atoms with Crippen LogP contribution in [0.1, 0.15) is 0 Å². The van der Waals surface area contributed by atoms with Crippen molar-refractivity contribution in [2.75, 3.05) is 10.5 Å². The Hall–Kier alpha value is -2.05. The quantitative estimate of drug-likeness (QED) is 0.223. The van der Waals surface area contributed by atoms with E-state index in [0.717, 1.165) is 4.90 Å². The van der Waals surface area contributed by atoms with E-state index in [0.29, 0.717) is 11.4 Å². The Morgan fingerprint density at radius 1 is 1.11 bits per heavy atom. The summed E-state index contributed by atoms with van der Waals surface area (Å²) in [5.74, 6) is 0.167. The summed E-state index contributed by atoms with van der Waals surface area (Å²) in [5, 5.41) is 18.1. The summed E-state index contributed by atoms with van der Waals surface area (Å²) in [6.07, 6.45) is 0. The van der Waals surface area contributed by atoms with Crippen LogP contribution in [0.25, 0.3) is 0 Å². The summed E-state index contributed by atoms with van der Waals surface area (Å²) in [6, 6.07) is 11.8. The number of phenolic OH excluding ortho intramolecular Hbond substituents is 1. The highest BCUT2D eigenvalue weighted by atomic mass is 32.2. The Kier molecular flexibility index (Phi) is 3.81. The molecule has 2 rings (SSSR count). The van der Waals surface area contributed by atoms with E-state index in [1.165, 1.54) is 24.1 Å². The molecule has 0 fully saturated rings. The van der Waals surface area contributed by atoms with Gasteiger partial charge in [0.25, 0.3) is 0 Å². The van der Waals surface area contributed by atoms with Crippen molar-refractivity contribution < 1.29 is 15.3 Å². The minimum Gasteiger partial charge on any atom is -0.506 e. The normalized spacial score (nSPS) is 10.1. The van der Waals surface area contributed by atoms with Gasteiger partial charge in [0.05, 0.1) is 5.69 Å². The molecule has 0 spiro atoms. The Morgan fingerprint density at radius 2 is 1.83 bits per heavy atom. The summed E-state index contributed by atoms with van der Waals surface area (Å²) in [5.41, 5.74) is 6.81. The lowest BCUT2D eigenvalue weighted by molar-refractivity contribution is -0.137. The molecule has 5 nitrogen and oxygen atoms in total. The van der Waals surface area contributed by atoms with Crippen molar-refractivity contribution in [1.29, 1.82) is 0 Å². The van der Waals surface area contributed by atoms with Gasteiger partial charge in [-0.1, -0.05) is 0 Å². The number of nitrogens with two attached hydrogens (primary N) is 1. The fourth-order valence-corrected chi connectivity index (χ4v) is 1.98. The second kappa shape index (κ2) is 5.52. The smallest absolute Gasteiger partial charge is 0.168 e. The van der Waals surface area contributed by atoms with Gasteiger partial charge in [0.15, 0.2) is 5.75 Å². The molecule has 0 saturated carbocycles. The number of nitrogen functional groups attached to an aromatic ring is 1. The number of phenols is 1. The number of nitrogens with one attached hydrogen (secondary N) is 1. The number of benzene rings is 2. The summed E-state index contributed by atoms with van der Waals surface area (Å²) >= 11 is 1.34. The van der Waals surface area contributed by atoms with Crippen LogP contribution in [0.2, 0.25) is 0 Å². The minimum absolute atomic E-state index is 0.00973. The number of aromatic hydroxyl groups is 1. The van der Waals surface area contributed by atoms with Crippen molar-refractivity contribution in [2.24, 2.45) is 0 Å². The van der Waals surface area contributed by atoms with Crippen molar-refractivity contribution >= 4 is 23.3 Å². The van der Waals surface area contributed by atoms with Crippen LogP contribution in [0.15, 0.2) is 47.4 Å². The average molecular weight is 264 g/mol. The van der Waals surface area contributed by atoms with Crippen LogP contribution in [0.5, 0.6) is 11.5 Å². The van der Waals surface area contributed by atoms with Gasteiger partial charge in [-0.25, -0.2) is 5.26 Å². The van der Waals surface area contributed by atoms with E-state index in [1.807, 2.05) is 12.1 Å². The van der Waals surface area contributed by atoms with E-state index in [1.54, 1.807) is 18.2 Å². The van der Waals surface area contributed by atoms with Crippen LogP contribution in [0, 0.1) is 0 Å². The van der Waals surface area contributed by atoms with E-state index in [-0.39, 0.29) is 11.5 Å². The standard InChI is InChI=1S/C12H12N2O3S/c13-8-1-4-10(5-2-8)18-14-11-6-3-9(17-16)7-12(11)15/h1-7,14-16H,13H2. The van der Waals surface area contributed by atoms with E-state index >= 15 is 0 Å². The molecule has 5 N–H and O–H groups in total. The molecule has 0 saturated heterocycles. The molecule has 94 valence electrons. The highest BCUT2D eigenvalue weighted by molar-refractivity contribution is 8.00. The Balaban J connectivity index is 2.04. The van der Waals surface area contributed by atoms with E-state index in [9.17, 15) is 5.11 Å². The predicted octanol–water partition coefficient (Wildman–Crippen LogP) is 2.95. The molecule has 2 aromatic rings. The van der Waals surface area contributed by atoms with E-state index < -0.39 is 0 Å². The van der Waals surface area contributed by atoms with Gasteiger partial charge in [-0.3, -0.25) is 0 Å². The number of anilines is 2. The first-order valence-corrected chi connectivity index (χ1v) is 5.93.